The van der Waals surface area contributed by atoms with Gasteiger partial charge in [0.15, 0.2) is 0 Å². The maximum atomic E-state index is 12.5. The predicted molar refractivity (Wildman–Crippen MR) is 97.8 cm³/mol. The zero-order valence-electron chi connectivity index (χ0n) is 14.5. The van der Waals surface area contributed by atoms with E-state index in [4.69, 9.17) is 4.74 Å². The molecule has 25 heavy (non-hydrogen) atoms. The first kappa shape index (κ1) is 17.2. The van der Waals surface area contributed by atoms with Gasteiger partial charge in [-0.25, -0.2) is 4.79 Å². The molecule has 1 aliphatic heterocycles. The Labute approximate surface area is 148 Å². The minimum Gasteiger partial charge on any atom is -0.462 e. The molecular weight excluding hydrogens is 314 g/mol. The van der Waals surface area contributed by atoms with Crippen molar-refractivity contribution in [3.05, 3.63) is 65.2 Å². The fraction of sp³-hybridized carbons (Fsp3) is 0.333. The largest absolute Gasteiger partial charge is 0.462 e. The van der Waals surface area contributed by atoms with Crippen molar-refractivity contribution < 1.29 is 14.3 Å². The van der Waals surface area contributed by atoms with Crippen LogP contribution in [0.5, 0.6) is 0 Å². The number of benzene rings is 2. The fourth-order valence-electron chi connectivity index (χ4n) is 3.02. The minimum absolute atomic E-state index is 0.00171. The highest BCUT2D eigenvalue weighted by molar-refractivity contribution is 6.10. The molecule has 0 unspecified atom stereocenters. The highest BCUT2D eigenvalue weighted by Gasteiger charge is 2.27. The molecule has 3 rings (SSSR count). The zero-order chi connectivity index (χ0) is 17.6. The zero-order valence-corrected chi connectivity index (χ0v) is 14.5. The fourth-order valence-corrected chi connectivity index (χ4v) is 3.02. The summed E-state index contributed by atoms with van der Waals surface area (Å²) in [5.74, 6) is -0.305. The second kappa shape index (κ2) is 7.97. The van der Waals surface area contributed by atoms with Gasteiger partial charge in [0, 0.05) is 11.3 Å². The highest BCUT2D eigenvalue weighted by atomic mass is 16.5. The van der Waals surface area contributed by atoms with Crippen LogP contribution in [0, 0.1) is 0 Å². The number of anilines is 1. The van der Waals surface area contributed by atoms with Gasteiger partial charge >= 0.3 is 5.97 Å². The Kier molecular flexibility index (Phi) is 5.49. The van der Waals surface area contributed by atoms with Crippen molar-refractivity contribution in [3.63, 3.8) is 0 Å². The quantitative estimate of drug-likeness (QED) is 0.548. The molecular formula is C21H23NO3. The molecule has 0 fully saturated rings. The van der Waals surface area contributed by atoms with Gasteiger partial charge < -0.3 is 9.64 Å². The number of carbonyl (C=O) groups excluding carboxylic acids is 2. The van der Waals surface area contributed by atoms with Gasteiger partial charge in [0.1, 0.15) is 0 Å². The number of rotatable bonds is 7. The van der Waals surface area contributed by atoms with Gasteiger partial charge in [-0.15, -0.1) is 0 Å². The van der Waals surface area contributed by atoms with E-state index < -0.39 is 0 Å². The van der Waals surface area contributed by atoms with E-state index in [1.807, 2.05) is 24.3 Å². The molecule has 2 aromatic rings. The minimum atomic E-state index is -0.306. The maximum Gasteiger partial charge on any atom is 0.338 e. The second-order valence-electron chi connectivity index (χ2n) is 6.29. The monoisotopic (exact) mass is 337 g/mol. The Morgan fingerprint density at radius 1 is 1.04 bits per heavy atom. The molecule has 130 valence electrons. The van der Waals surface area contributed by atoms with Crippen molar-refractivity contribution in [2.24, 2.45) is 0 Å². The van der Waals surface area contributed by atoms with Crippen molar-refractivity contribution in [1.82, 2.24) is 0 Å². The number of ether oxygens (including phenoxy) is 1. The van der Waals surface area contributed by atoms with Gasteiger partial charge in [-0.2, -0.15) is 0 Å². The van der Waals surface area contributed by atoms with Crippen molar-refractivity contribution in [1.29, 1.82) is 0 Å². The molecule has 0 radical (unpaired) electrons. The van der Waals surface area contributed by atoms with Crippen LogP contribution in [0.4, 0.5) is 5.69 Å². The third-order valence-electron chi connectivity index (χ3n) is 4.47. The van der Waals surface area contributed by atoms with E-state index in [0.29, 0.717) is 18.7 Å². The first-order valence-electron chi connectivity index (χ1n) is 8.87. The van der Waals surface area contributed by atoms with E-state index in [1.165, 1.54) is 6.42 Å². The van der Waals surface area contributed by atoms with Crippen LogP contribution < -0.4 is 4.90 Å². The average Bonchev–Trinajstić information content (AvgIpc) is 2.99. The smallest absolute Gasteiger partial charge is 0.338 e. The van der Waals surface area contributed by atoms with E-state index in [2.05, 4.69) is 6.92 Å². The van der Waals surface area contributed by atoms with Gasteiger partial charge in [0.05, 0.1) is 18.7 Å². The van der Waals surface area contributed by atoms with Gasteiger partial charge in [-0.1, -0.05) is 44.4 Å². The topological polar surface area (TPSA) is 46.6 Å². The van der Waals surface area contributed by atoms with Crippen LogP contribution in [0.15, 0.2) is 48.5 Å². The van der Waals surface area contributed by atoms with E-state index >= 15 is 0 Å². The highest BCUT2D eigenvalue weighted by Crippen LogP contribution is 2.28. The summed E-state index contributed by atoms with van der Waals surface area (Å²) in [5.41, 5.74) is 3.09. The summed E-state index contributed by atoms with van der Waals surface area (Å²) < 4.78 is 5.29. The van der Waals surface area contributed by atoms with E-state index in [-0.39, 0.29) is 11.9 Å². The molecule has 4 nitrogen and oxygen atoms in total. The molecule has 0 atom stereocenters. The average molecular weight is 337 g/mol. The number of carbonyl (C=O) groups is 2. The molecule has 1 amide bonds. The van der Waals surface area contributed by atoms with Crippen LogP contribution in [0.1, 0.15) is 58.9 Å². The second-order valence-corrected chi connectivity index (χ2v) is 6.29. The number of unbranched alkanes of at least 4 members (excludes halogenated alkanes) is 3. The van der Waals surface area contributed by atoms with Crippen LogP contribution in [0.2, 0.25) is 0 Å². The maximum absolute atomic E-state index is 12.5. The molecule has 2 aromatic carbocycles. The van der Waals surface area contributed by atoms with Crippen molar-refractivity contribution in [2.45, 2.75) is 39.2 Å². The number of esters is 1. The van der Waals surface area contributed by atoms with E-state index in [9.17, 15) is 9.59 Å². The number of nitrogens with zero attached hydrogens (tertiary/aromatic N) is 1. The molecule has 0 spiro atoms. The molecule has 4 heteroatoms. The Balaban J connectivity index is 1.60. The molecule has 0 aliphatic carbocycles. The molecule has 0 N–H and O–H groups in total. The van der Waals surface area contributed by atoms with Gasteiger partial charge in [-0.05, 0) is 42.3 Å². The summed E-state index contributed by atoms with van der Waals surface area (Å²) in [4.78, 5) is 26.3. The van der Waals surface area contributed by atoms with Gasteiger partial charge in [0.25, 0.3) is 5.91 Å². The van der Waals surface area contributed by atoms with Crippen molar-refractivity contribution in [3.8, 4) is 0 Å². The Morgan fingerprint density at radius 2 is 1.80 bits per heavy atom. The van der Waals surface area contributed by atoms with Crippen LogP contribution in [0.3, 0.4) is 0 Å². The van der Waals surface area contributed by atoms with Gasteiger partial charge in [-0.3, -0.25) is 4.79 Å². The first-order valence-corrected chi connectivity index (χ1v) is 8.87. The lowest BCUT2D eigenvalue weighted by molar-refractivity contribution is 0.0498. The molecule has 0 saturated carbocycles. The SMILES string of the molecule is CCCCCCOC(=O)c1ccc(N2Cc3ccccc3C2=O)cc1. The Morgan fingerprint density at radius 3 is 2.52 bits per heavy atom. The molecule has 0 saturated heterocycles. The lowest BCUT2D eigenvalue weighted by atomic mass is 10.1. The molecule has 0 bridgehead atoms. The molecule has 1 aliphatic rings. The lowest BCUT2D eigenvalue weighted by Crippen LogP contribution is -2.23. The van der Waals surface area contributed by atoms with Crippen molar-refractivity contribution >= 4 is 17.6 Å². The predicted octanol–water partition coefficient (Wildman–Crippen LogP) is 4.58. The lowest BCUT2D eigenvalue weighted by Gasteiger charge is -2.16. The van der Waals surface area contributed by atoms with Crippen LogP contribution >= 0.6 is 0 Å². The summed E-state index contributed by atoms with van der Waals surface area (Å²) in [6.45, 7) is 3.17. The third kappa shape index (κ3) is 3.90. The summed E-state index contributed by atoms with van der Waals surface area (Å²) in [7, 11) is 0. The number of hydrogen-bond donors (Lipinski definition) is 0. The summed E-state index contributed by atoms with van der Waals surface area (Å²) >= 11 is 0. The van der Waals surface area contributed by atoms with Crippen LogP contribution in [-0.2, 0) is 11.3 Å². The first-order chi connectivity index (χ1) is 12.2. The summed E-state index contributed by atoms with van der Waals surface area (Å²) in [5, 5.41) is 0. The van der Waals surface area contributed by atoms with Gasteiger partial charge in [0.2, 0.25) is 0 Å². The number of amides is 1. The molecule has 1 heterocycles. The van der Waals surface area contributed by atoms with Crippen LogP contribution in [-0.4, -0.2) is 18.5 Å². The number of fused-ring (bicyclic) bond motifs is 1. The normalized spacial score (nSPS) is 13.0. The third-order valence-corrected chi connectivity index (χ3v) is 4.47. The standard InChI is InChI=1S/C21H23NO3/c1-2-3-4-7-14-25-21(24)16-10-12-18(13-11-16)22-15-17-8-5-6-9-19(17)20(22)23/h5-6,8-13H,2-4,7,14-15H2,1H3. The Bertz CT molecular complexity index is 752. The summed E-state index contributed by atoms with van der Waals surface area (Å²) in [6.07, 6.45) is 4.31. The Hall–Kier alpha value is -2.62. The van der Waals surface area contributed by atoms with Crippen LogP contribution in [0.25, 0.3) is 0 Å². The number of hydrogen-bond acceptors (Lipinski definition) is 3. The van der Waals surface area contributed by atoms with E-state index in [0.717, 1.165) is 36.1 Å². The van der Waals surface area contributed by atoms with Crippen molar-refractivity contribution in [2.75, 3.05) is 11.5 Å². The molecule has 0 aromatic heterocycles. The summed E-state index contributed by atoms with van der Waals surface area (Å²) in [6, 6.07) is 14.7. The van der Waals surface area contributed by atoms with E-state index in [1.54, 1.807) is 29.2 Å².